The van der Waals surface area contributed by atoms with Gasteiger partial charge in [-0.05, 0) is 43.2 Å². The number of ether oxygens (including phenoxy) is 1. The van der Waals surface area contributed by atoms with E-state index in [1.165, 1.54) is 0 Å². The van der Waals surface area contributed by atoms with Crippen LogP contribution in [0.25, 0.3) is 0 Å². The predicted octanol–water partition coefficient (Wildman–Crippen LogP) is 4.86. The van der Waals surface area contributed by atoms with Crippen LogP contribution < -0.4 is 15.4 Å². The Hall–Kier alpha value is -2.27. The zero-order valence-corrected chi connectivity index (χ0v) is 14.9. The van der Waals surface area contributed by atoms with E-state index >= 15 is 0 Å². The summed E-state index contributed by atoms with van der Waals surface area (Å²) < 4.78 is 5.13. The summed E-state index contributed by atoms with van der Waals surface area (Å²) in [6, 6.07) is 9.04. The lowest BCUT2D eigenvalue weighted by atomic mass is 10.0. The standard InChI is InChI=1S/C18H22ClN3O2/c1-4-12(5-2)18(23)22-14-7-9-17(20-11-14)21-13-6-8-16(24-3)15(19)10-13/h6-12H,4-5H2,1-3H3,(H,20,21)(H,22,23). The van der Waals surface area contributed by atoms with E-state index in [1.807, 2.05) is 26.0 Å². The van der Waals surface area contributed by atoms with Crippen LogP contribution in [0.1, 0.15) is 26.7 Å². The maximum Gasteiger partial charge on any atom is 0.227 e. The molecule has 1 aromatic heterocycles. The molecule has 0 aliphatic rings. The third kappa shape index (κ3) is 4.61. The van der Waals surface area contributed by atoms with Crippen LogP contribution in [0.4, 0.5) is 17.2 Å². The number of rotatable bonds is 7. The number of carbonyl (C=O) groups is 1. The van der Waals surface area contributed by atoms with Gasteiger partial charge in [-0.25, -0.2) is 4.98 Å². The maximum atomic E-state index is 12.1. The molecule has 0 saturated carbocycles. The molecule has 0 atom stereocenters. The number of carbonyl (C=O) groups excluding carboxylic acids is 1. The van der Waals surface area contributed by atoms with Gasteiger partial charge < -0.3 is 15.4 Å². The average Bonchev–Trinajstić information content (AvgIpc) is 2.58. The first-order valence-electron chi connectivity index (χ1n) is 7.94. The number of hydrogen-bond acceptors (Lipinski definition) is 4. The zero-order chi connectivity index (χ0) is 17.5. The van der Waals surface area contributed by atoms with E-state index < -0.39 is 0 Å². The van der Waals surface area contributed by atoms with Gasteiger partial charge in [-0.1, -0.05) is 25.4 Å². The second kappa shape index (κ2) is 8.55. The molecule has 1 heterocycles. The number of halogens is 1. The molecule has 5 nitrogen and oxygen atoms in total. The van der Waals surface area contributed by atoms with Crippen molar-refractivity contribution in [1.29, 1.82) is 0 Å². The molecule has 128 valence electrons. The van der Waals surface area contributed by atoms with Gasteiger partial charge in [0.2, 0.25) is 5.91 Å². The highest BCUT2D eigenvalue weighted by molar-refractivity contribution is 6.32. The number of nitrogens with one attached hydrogen (secondary N) is 2. The maximum absolute atomic E-state index is 12.1. The fraction of sp³-hybridized carbons (Fsp3) is 0.333. The molecular weight excluding hydrogens is 326 g/mol. The number of methoxy groups -OCH3 is 1. The molecular formula is C18H22ClN3O2. The number of nitrogens with zero attached hydrogens (tertiary/aromatic N) is 1. The molecule has 0 aliphatic carbocycles. The molecule has 2 rings (SSSR count). The fourth-order valence-corrected chi connectivity index (χ4v) is 2.60. The van der Waals surface area contributed by atoms with Crippen LogP contribution in [0.2, 0.25) is 5.02 Å². The van der Waals surface area contributed by atoms with Crippen LogP contribution in [0.15, 0.2) is 36.5 Å². The minimum absolute atomic E-state index is 0.0317. The monoisotopic (exact) mass is 347 g/mol. The van der Waals surface area contributed by atoms with Gasteiger partial charge in [0.25, 0.3) is 0 Å². The fourth-order valence-electron chi connectivity index (χ4n) is 2.34. The van der Waals surface area contributed by atoms with Gasteiger partial charge in [-0.15, -0.1) is 0 Å². The molecule has 0 bridgehead atoms. The molecule has 6 heteroatoms. The van der Waals surface area contributed by atoms with Crippen molar-refractivity contribution >= 4 is 34.7 Å². The zero-order valence-electron chi connectivity index (χ0n) is 14.1. The highest BCUT2D eigenvalue weighted by Crippen LogP contribution is 2.28. The Morgan fingerprint density at radius 3 is 2.46 bits per heavy atom. The van der Waals surface area contributed by atoms with E-state index in [-0.39, 0.29) is 11.8 Å². The summed E-state index contributed by atoms with van der Waals surface area (Å²) in [6.45, 7) is 4.03. The quantitative estimate of drug-likeness (QED) is 0.750. The Kier molecular flexibility index (Phi) is 6.44. The van der Waals surface area contributed by atoms with Gasteiger partial charge in [0.05, 0.1) is 24.0 Å². The first kappa shape index (κ1) is 18.1. The first-order valence-corrected chi connectivity index (χ1v) is 8.32. The van der Waals surface area contributed by atoms with E-state index in [1.54, 1.807) is 31.5 Å². The number of aromatic nitrogens is 1. The summed E-state index contributed by atoms with van der Waals surface area (Å²) in [6.07, 6.45) is 3.29. The van der Waals surface area contributed by atoms with Gasteiger partial charge in [0.1, 0.15) is 11.6 Å². The van der Waals surface area contributed by atoms with Crippen molar-refractivity contribution in [1.82, 2.24) is 4.98 Å². The summed E-state index contributed by atoms with van der Waals surface area (Å²) in [5.74, 6) is 1.35. The van der Waals surface area contributed by atoms with Gasteiger partial charge >= 0.3 is 0 Å². The Morgan fingerprint density at radius 1 is 1.21 bits per heavy atom. The molecule has 0 fully saturated rings. The van der Waals surface area contributed by atoms with E-state index in [0.29, 0.717) is 22.3 Å². The molecule has 0 saturated heterocycles. The van der Waals surface area contributed by atoms with E-state index in [9.17, 15) is 4.79 Å². The lowest BCUT2D eigenvalue weighted by Gasteiger charge is -2.13. The summed E-state index contributed by atoms with van der Waals surface area (Å²) in [5.41, 5.74) is 1.49. The van der Waals surface area contributed by atoms with Crippen LogP contribution >= 0.6 is 11.6 Å². The number of amides is 1. The minimum atomic E-state index is 0.0317. The molecule has 0 radical (unpaired) electrons. The van der Waals surface area contributed by atoms with E-state index in [4.69, 9.17) is 16.3 Å². The van der Waals surface area contributed by atoms with Crippen LogP contribution in [-0.4, -0.2) is 18.0 Å². The van der Waals surface area contributed by atoms with Crippen LogP contribution in [0.5, 0.6) is 5.75 Å². The number of pyridine rings is 1. The average molecular weight is 348 g/mol. The molecule has 2 aromatic rings. The normalized spacial score (nSPS) is 10.5. The third-order valence-corrected chi connectivity index (χ3v) is 4.11. The topological polar surface area (TPSA) is 63.2 Å². The minimum Gasteiger partial charge on any atom is -0.495 e. The van der Waals surface area contributed by atoms with Crippen molar-refractivity contribution in [3.8, 4) is 5.75 Å². The van der Waals surface area contributed by atoms with Gasteiger partial charge in [-0.3, -0.25) is 4.79 Å². The summed E-state index contributed by atoms with van der Waals surface area (Å²) >= 11 is 6.10. The molecule has 24 heavy (non-hydrogen) atoms. The molecule has 0 spiro atoms. The van der Waals surface area contributed by atoms with Crippen molar-refractivity contribution in [2.75, 3.05) is 17.7 Å². The number of benzene rings is 1. The Bertz CT molecular complexity index is 685. The second-order valence-electron chi connectivity index (χ2n) is 5.41. The van der Waals surface area contributed by atoms with E-state index in [0.717, 1.165) is 18.5 Å². The van der Waals surface area contributed by atoms with Crippen molar-refractivity contribution in [2.24, 2.45) is 5.92 Å². The van der Waals surface area contributed by atoms with Crippen LogP contribution in [0, 0.1) is 5.92 Å². The van der Waals surface area contributed by atoms with E-state index in [2.05, 4.69) is 15.6 Å². The molecule has 1 aromatic carbocycles. The van der Waals surface area contributed by atoms with Crippen LogP contribution in [0.3, 0.4) is 0 Å². The lowest BCUT2D eigenvalue weighted by Crippen LogP contribution is -2.21. The Labute approximate surface area is 147 Å². The second-order valence-corrected chi connectivity index (χ2v) is 5.82. The van der Waals surface area contributed by atoms with Crippen molar-refractivity contribution < 1.29 is 9.53 Å². The van der Waals surface area contributed by atoms with Gasteiger partial charge in [0, 0.05) is 11.6 Å². The van der Waals surface area contributed by atoms with Crippen molar-refractivity contribution in [2.45, 2.75) is 26.7 Å². The SMILES string of the molecule is CCC(CC)C(=O)Nc1ccc(Nc2ccc(OC)c(Cl)c2)nc1. The molecule has 0 unspecified atom stereocenters. The smallest absolute Gasteiger partial charge is 0.227 e. The Balaban J connectivity index is 2.01. The number of anilines is 3. The first-order chi connectivity index (χ1) is 11.6. The molecule has 2 N–H and O–H groups in total. The van der Waals surface area contributed by atoms with Crippen LogP contribution in [-0.2, 0) is 4.79 Å². The summed E-state index contributed by atoms with van der Waals surface area (Å²) in [4.78, 5) is 16.4. The summed E-state index contributed by atoms with van der Waals surface area (Å²) in [7, 11) is 1.57. The predicted molar refractivity (Wildman–Crippen MR) is 98.2 cm³/mol. The molecule has 1 amide bonds. The van der Waals surface area contributed by atoms with Gasteiger partial charge in [-0.2, -0.15) is 0 Å². The third-order valence-electron chi connectivity index (χ3n) is 3.81. The van der Waals surface area contributed by atoms with Gasteiger partial charge in [0.15, 0.2) is 0 Å². The highest BCUT2D eigenvalue weighted by atomic mass is 35.5. The largest absolute Gasteiger partial charge is 0.495 e. The van der Waals surface area contributed by atoms with Crippen molar-refractivity contribution in [3.63, 3.8) is 0 Å². The van der Waals surface area contributed by atoms with Crippen molar-refractivity contribution in [3.05, 3.63) is 41.6 Å². The lowest BCUT2D eigenvalue weighted by molar-refractivity contribution is -0.120. The summed E-state index contributed by atoms with van der Waals surface area (Å²) in [5, 5.41) is 6.57. The molecule has 0 aliphatic heterocycles. The number of hydrogen-bond donors (Lipinski definition) is 2. The Morgan fingerprint density at radius 2 is 1.92 bits per heavy atom. The highest BCUT2D eigenvalue weighted by Gasteiger charge is 2.14.